The Morgan fingerprint density at radius 2 is 2.29 bits per heavy atom. The van der Waals surface area contributed by atoms with Crippen molar-refractivity contribution in [2.75, 3.05) is 0 Å². The van der Waals surface area contributed by atoms with Crippen molar-refractivity contribution in [1.29, 1.82) is 5.41 Å². The van der Waals surface area contributed by atoms with E-state index in [0.29, 0.717) is 24.7 Å². The molecule has 4 nitrogen and oxygen atoms in total. The first-order chi connectivity index (χ1) is 8.22. The van der Waals surface area contributed by atoms with Crippen LogP contribution in [0.1, 0.15) is 32.1 Å². The van der Waals surface area contributed by atoms with Gasteiger partial charge in [-0.1, -0.05) is 12.2 Å². The molecule has 1 saturated heterocycles. The van der Waals surface area contributed by atoms with E-state index in [1.165, 1.54) is 0 Å². The number of rotatable bonds is 2. The zero-order chi connectivity index (χ0) is 11.8. The summed E-state index contributed by atoms with van der Waals surface area (Å²) in [5.41, 5.74) is 0. The summed E-state index contributed by atoms with van der Waals surface area (Å²) in [5, 5.41) is 7.43. The van der Waals surface area contributed by atoms with Gasteiger partial charge >= 0.3 is 5.97 Å². The monoisotopic (exact) mass is 235 g/mol. The Morgan fingerprint density at radius 1 is 1.41 bits per heavy atom. The fraction of sp³-hybridized carbons (Fsp3) is 0.692. The SMILES string of the molecule is N=C1CCCC(OC(=O)C2CC3C=CC2C3)O1. The van der Waals surface area contributed by atoms with Crippen molar-refractivity contribution in [3.63, 3.8) is 0 Å². The predicted octanol–water partition coefficient (Wildman–Crippen LogP) is 2.25. The number of carbonyl (C=O) groups is 1. The van der Waals surface area contributed by atoms with Gasteiger partial charge in [-0.05, 0) is 31.1 Å². The molecule has 92 valence electrons. The Balaban J connectivity index is 1.56. The molecule has 4 unspecified atom stereocenters. The molecule has 2 aliphatic carbocycles. The second kappa shape index (κ2) is 4.17. The van der Waals surface area contributed by atoms with Gasteiger partial charge < -0.3 is 9.47 Å². The average molecular weight is 235 g/mol. The topological polar surface area (TPSA) is 59.4 Å². The fourth-order valence-electron chi connectivity index (χ4n) is 3.06. The standard InChI is InChI=1S/C13H17NO3/c14-11-2-1-3-12(16-11)17-13(15)10-7-8-4-5-9(10)6-8/h4-5,8-10,12,14H,1-3,6-7H2. The lowest BCUT2D eigenvalue weighted by molar-refractivity contribution is -0.174. The van der Waals surface area contributed by atoms with Crippen molar-refractivity contribution in [2.45, 2.75) is 38.4 Å². The number of ether oxygens (including phenoxy) is 2. The molecule has 1 heterocycles. The maximum atomic E-state index is 12.0. The van der Waals surface area contributed by atoms with Crippen LogP contribution in [0.5, 0.6) is 0 Å². The van der Waals surface area contributed by atoms with Crippen LogP contribution in [0, 0.1) is 23.2 Å². The quantitative estimate of drug-likeness (QED) is 0.590. The Labute approximate surface area is 100 Å². The van der Waals surface area contributed by atoms with Crippen LogP contribution >= 0.6 is 0 Å². The van der Waals surface area contributed by atoms with Gasteiger partial charge in [-0.15, -0.1) is 0 Å². The van der Waals surface area contributed by atoms with Crippen LogP contribution in [-0.4, -0.2) is 18.2 Å². The van der Waals surface area contributed by atoms with Crippen LogP contribution < -0.4 is 0 Å². The van der Waals surface area contributed by atoms with Gasteiger partial charge in [0.15, 0.2) is 5.90 Å². The highest BCUT2D eigenvalue weighted by Crippen LogP contribution is 2.44. The van der Waals surface area contributed by atoms with Crippen LogP contribution in [-0.2, 0) is 14.3 Å². The van der Waals surface area contributed by atoms with Gasteiger partial charge in [0.05, 0.1) is 5.92 Å². The molecule has 3 rings (SSSR count). The minimum absolute atomic E-state index is 0.0183. The predicted molar refractivity (Wildman–Crippen MR) is 61.4 cm³/mol. The minimum Gasteiger partial charge on any atom is -0.442 e. The van der Waals surface area contributed by atoms with Crippen LogP contribution in [0.4, 0.5) is 0 Å². The van der Waals surface area contributed by atoms with E-state index in [9.17, 15) is 4.79 Å². The van der Waals surface area contributed by atoms with Crippen molar-refractivity contribution in [3.05, 3.63) is 12.2 Å². The van der Waals surface area contributed by atoms with Gasteiger partial charge in [0.1, 0.15) is 0 Å². The Bertz CT molecular complexity index is 377. The highest BCUT2D eigenvalue weighted by atomic mass is 16.7. The molecule has 0 aromatic carbocycles. The maximum Gasteiger partial charge on any atom is 0.312 e. The molecule has 1 aliphatic heterocycles. The van der Waals surface area contributed by atoms with Gasteiger partial charge in [0.2, 0.25) is 6.29 Å². The molecule has 0 spiro atoms. The number of hydrogen-bond acceptors (Lipinski definition) is 4. The summed E-state index contributed by atoms with van der Waals surface area (Å²) in [6.07, 6.45) is 8.09. The van der Waals surface area contributed by atoms with Crippen LogP contribution in [0.2, 0.25) is 0 Å². The Hall–Kier alpha value is -1.32. The summed E-state index contributed by atoms with van der Waals surface area (Å²) in [6.45, 7) is 0. The van der Waals surface area contributed by atoms with Crippen LogP contribution in [0.3, 0.4) is 0 Å². The molecular formula is C13H17NO3. The van der Waals surface area contributed by atoms with E-state index in [1.54, 1.807) is 0 Å². The molecule has 0 aromatic rings. The number of carbonyl (C=O) groups excluding carboxylic acids is 1. The van der Waals surface area contributed by atoms with Gasteiger partial charge in [-0.3, -0.25) is 10.2 Å². The smallest absolute Gasteiger partial charge is 0.312 e. The number of allylic oxidation sites excluding steroid dienone is 2. The molecule has 17 heavy (non-hydrogen) atoms. The first-order valence-electron chi connectivity index (χ1n) is 6.35. The van der Waals surface area contributed by atoms with E-state index in [1.807, 2.05) is 0 Å². The van der Waals surface area contributed by atoms with Gasteiger partial charge in [-0.2, -0.15) is 0 Å². The Morgan fingerprint density at radius 3 is 2.94 bits per heavy atom. The number of esters is 1. The number of fused-ring (bicyclic) bond motifs is 2. The largest absolute Gasteiger partial charge is 0.442 e. The maximum absolute atomic E-state index is 12.0. The van der Waals surface area contributed by atoms with Crippen molar-refractivity contribution in [3.8, 4) is 0 Å². The van der Waals surface area contributed by atoms with E-state index in [2.05, 4.69) is 12.2 Å². The molecule has 4 heteroatoms. The highest BCUT2D eigenvalue weighted by molar-refractivity contribution is 5.75. The first-order valence-corrected chi connectivity index (χ1v) is 6.35. The normalized spacial score (nSPS) is 39.2. The molecular weight excluding hydrogens is 218 g/mol. The van der Waals surface area contributed by atoms with Crippen molar-refractivity contribution in [1.82, 2.24) is 0 Å². The van der Waals surface area contributed by atoms with E-state index < -0.39 is 6.29 Å². The zero-order valence-corrected chi connectivity index (χ0v) is 9.72. The summed E-state index contributed by atoms with van der Waals surface area (Å²) in [6, 6.07) is 0. The van der Waals surface area contributed by atoms with Crippen molar-refractivity contribution < 1.29 is 14.3 Å². The van der Waals surface area contributed by atoms with Gasteiger partial charge in [0, 0.05) is 12.8 Å². The zero-order valence-electron chi connectivity index (χ0n) is 9.72. The number of nitrogens with one attached hydrogen (secondary N) is 1. The lowest BCUT2D eigenvalue weighted by Gasteiger charge is -2.26. The molecule has 2 bridgehead atoms. The summed E-state index contributed by atoms with van der Waals surface area (Å²) < 4.78 is 10.6. The van der Waals surface area contributed by atoms with Crippen LogP contribution in [0.15, 0.2) is 12.2 Å². The summed E-state index contributed by atoms with van der Waals surface area (Å²) in [7, 11) is 0. The first kappa shape index (κ1) is 10.8. The summed E-state index contributed by atoms with van der Waals surface area (Å²) >= 11 is 0. The van der Waals surface area contributed by atoms with E-state index in [4.69, 9.17) is 14.9 Å². The fourth-order valence-corrected chi connectivity index (χ4v) is 3.06. The molecule has 1 N–H and O–H groups in total. The summed E-state index contributed by atoms with van der Waals surface area (Å²) in [4.78, 5) is 12.0. The molecule has 2 fully saturated rings. The summed E-state index contributed by atoms with van der Waals surface area (Å²) in [5.74, 6) is 1.06. The highest BCUT2D eigenvalue weighted by Gasteiger charge is 2.41. The van der Waals surface area contributed by atoms with Crippen molar-refractivity contribution in [2.24, 2.45) is 17.8 Å². The van der Waals surface area contributed by atoms with Gasteiger partial charge in [-0.25, -0.2) is 0 Å². The number of hydrogen-bond donors (Lipinski definition) is 1. The average Bonchev–Trinajstić information content (AvgIpc) is 2.90. The van der Waals surface area contributed by atoms with Gasteiger partial charge in [0.25, 0.3) is 0 Å². The molecule has 4 atom stereocenters. The third-order valence-corrected chi connectivity index (χ3v) is 3.95. The third kappa shape index (κ3) is 2.08. The molecule has 0 aromatic heterocycles. The Kier molecular flexibility index (Phi) is 2.65. The van der Waals surface area contributed by atoms with Crippen LogP contribution in [0.25, 0.3) is 0 Å². The lowest BCUT2D eigenvalue weighted by atomic mass is 9.94. The third-order valence-electron chi connectivity index (χ3n) is 3.95. The van der Waals surface area contributed by atoms with E-state index >= 15 is 0 Å². The second-order valence-electron chi connectivity index (χ2n) is 5.19. The lowest BCUT2D eigenvalue weighted by Crippen LogP contribution is -2.32. The van der Waals surface area contributed by atoms with E-state index in [-0.39, 0.29) is 17.8 Å². The molecule has 0 radical (unpaired) electrons. The van der Waals surface area contributed by atoms with E-state index in [0.717, 1.165) is 19.3 Å². The second-order valence-corrected chi connectivity index (χ2v) is 5.19. The minimum atomic E-state index is -0.521. The molecule has 1 saturated carbocycles. The molecule has 3 aliphatic rings. The molecule has 0 amide bonds. The van der Waals surface area contributed by atoms with Crippen molar-refractivity contribution >= 4 is 11.9 Å².